The number of benzene rings is 1. The number of phenolic OH excluding ortho intramolecular Hbond substituents is 2. The summed E-state index contributed by atoms with van der Waals surface area (Å²) in [5.74, 6) is -0.379. The number of hydrogen-bond donors (Lipinski definition) is 3. The number of aromatic hydroxyl groups is 2. The van der Waals surface area contributed by atoms with Crippen LogP contribution < -0.4 is 5.14 Å². The lowest BCUT2D eigenvalue weighted by atomic mass is 10.2. The first-order valence-corrected chi connectivity index (χ1v) is 5.03. The summed E-state index contributed by atoms with van der Waals surface area (Å²) in [4.78, 5) is 0. The van der Waals surface area contributed by atoms with E-state index >= 15 is 0 Å². The monoisotopic (exact) mass is 219 g/mol. The molecule has 1 aromatic carbocycles. The molecule has 1 rings (SSSR count). The summed E-state index contributed by atoms with van der Waals surface area (Å²) in [5.41, 5.74) is 0.219. The van der Waals surface area contributed by atoms with Crippen molar-refractivity contribution in [3.05, 3.63) is 23.8 Å². The predicted octanol–water partition coefficient (Wildman–Crippen LogP) is -0.182. The highest BCUT2D eigenvalue weighted by Crippen LogP contribution is 2.23. The minimum atomic E-state index is -4.02. The van der Waals surface area contributed by atoms with E-state index in [1.807, 2.05) is 0 Å². The molecule has 78 valence electrons. The topological polar surface area (TPSA) is 110 Å². The summed E-state index contributed by atoms with van der Waals surface area (Å²) in [5, 5.41) is 22.7. The summed E-state index contributed by atoms with van der Waals surface area (Å²) < 4.78 is 25.1. The lowest BCUT2D eigenvalue weighted by Crippen LogP contribution is -2.15. The second-order valence-corrected chi connectivity index (χ2v) is 3.79. The smallest absolute Gasteiger partial charge is 0.333 e. The van der Waals surface area contributed by atoms with E-state index in [-0.39, 0.29) is 23.7 Å². The van der Waals surface area contributed by atoms with Gasteiger partial charge in [-0.3, -0.25) is 4.18 Å². The van der Waals surface area contributed by atoms with Gasteiger partial charge < -0.3 is 10.2 Å². The van der Waals surface area contributed by atoms with Gasteiger partial charge in [-0.2, -0.15) is 8.42 Å². The summed E-state index contributed by atoms with van der Waals surface area (Å²) >= 11 is 0. The highest BCUT2D eigenvalue weighted by Gasteiger charge is 2.07. The van der Waals surface area contributed by atoms with Crippen molar-refractivity contribution in [2.75, 3.05) is 0 Å². The zero-order chi connectivity index (χ0) is 10.8. The summed E-state index contributed by atoms with van der Waals surface area (Å²) in [6.45, 7) is -0.370. The summed E-state index contributed by atoms with van der Waals surface area (Å²) in [6, 6.07) is 3.69. The molecule has 0 aromatic heterocycles. The van der Waals surface area contributed by atoms with E-state index in [0.717, 1.165) is 6.07 Å². The maximum Gasteiger partial charge on any atom is 0.333 e. The van der Waals surface area contributed by atoms with E-state index in [2.05, 4.69) is 9.32 Å². The molecule has 4 N–H and O–H groups in total. The summed E-state index contributed by atoms with van der Waals surface area (Å²) in [7, 11) is -4.02. The van der Waals surface area contributed by atoms with Crippen molar-refractivity contribution in [1.82, 2.24) is 0 Å². The zero-order valence-corrected chi connectivity index (χ0v) is 7.86. The first-order valence-electron chi connectivity index (χ1n) is 3.56. The van der Waals surface area contributed by atoms with Crippen LogP contribution in [0.5, 0.6) is 11.5 Å². The van der Waals surface area contributed by atoms with Gasteiger partial charge in [-0.15, -0.1) is 0 Å². The molecule has 0 heterocycles. The molecule has 0 radical (unpaired) electrons. The third-order valence-corrected chi connectivity index (χ3v) is 1.89. The molecular formula is C7H9NO5S. The molecule has 0 fully saturated rings. The zero-order valence-electron chi connectivity index (χ0n) is 7.04. The molecular weight excluding hydrogens is 210 g/mol. The predicted molar refractivity (Wildman–Crippen MR) is 47.7 cm³/mol. The van der Waals surface area contributed by atoms with Gasteiger partial charge in [0.05, 0.1) is 6.61 Å². The Balaban J connectivity index is 2.78. The molecule has 0 unspecified atom stereocenters. The third kappa shape index (κ3) is 3.21. The molecule has 0 aliphatic heterocycles. The maximum atomic E-state index is 10.4. The van der Waals surface area contributed by atoms with Gasteiger partial charge in [-0.1, -0.05) is 0 Å². The van der Waals surface area contributed by atoms with Gasteiger partial charge in [-0.25, -0.2) is 5.14 Å². The van der Waals surface area contributed by atoms with Crippen LogP contribution in [0.25, 0.3) is 0 Å². The molecule has 0 spiro atoms. The Kier molecular flexibility index (Phi) is 2.94. The van der Waals surface area contributed by atoms with Gasteiger partial charge in [0.1, 0.15) is 11.5 Å². The molecule has 14 heavy (non-hydrogen) atoms. The Morgan fingerprint density at radius 3 is 2.50 bits per heavy atom. The van der Waals surface area contributed by atoms with Crippen molar-refractivity contribution in [1.29, 1.82) is 0 Å². The second-order valence-electron chi connectivity index (χ2n) is 2.57. The molecule has 0 saturated carbocycles. The molecule has 0 atom stereocenters. The molecule has 0 aliphatic carbocycles. The lowest BCUT2D eigenvalue weighted by Gasteiger charge is -2.04. The first kappa shape index (κ1) is 10.8. The largest absolute Gasteiger partial charge is 0.508 e. The SMILES string of the molecule is NS(=O)(=O)OCc1ccc(O)cc1O. The molecule has 0 aliphatic rings. The van der Waals surface area contributed by atoms with Crippen LogP contribution >= 0.6 is 0 Å². The van der Waals surface area contributed by atoms with Crippen molar-refractivity contribution < 1.29 is 22.8 Å². The highest BCUT2D eigenvalue weighted by molar-refractivity contribution is 7.84. The summed E-state index contributed by atoms with van der Waals surface area (Å²) in [6.07, 6.45) is 0. The van der Waals surface area contributed by atoms with Crippen LogP contribution in [-0.4, -0.2) is 18.6 Å². The van der Waals surface area contributed by atoms with Crippen molar-refractivity contribution in [3.63, 3.8) is 0 Å². The first-order chi connectivity index (χ1) is 6.38. The van der Waals surface area contributed by atoms with Crippen LogP contribution in [0.4, 0.5) is 0 Å². The Labute approximate surface area is 80.8 Å². The van der Waals surface area contributed by atoms with Gasteiger partial charge in [0.15, 0.2) is 0 Å². The standard InChI is InChI=1S/C7H9NO5S/c8-14(11,12)13-4-5-1-2-6(9)3-7(5)10/h1-3,9-10H,4H2,(H2,8,11,12). The number of phenols is 2. The van der Waals surface area contributed by atoms with E-state index in [1.165, 1.54) is 12.1 Å². The number of nitrogens with two attached hydrogens (primary N) is 1. The highest BCUT2D eigenvalue weighted by atomic mass is 32.2. The Morgan fingerprint density at radius 2 is 2.00 bits per heavy atom. The maximum absolute atomic E-state index is 10.4. The second kappa shape index (κ2) is 3.82. The number of hydrogen-bond acceptors (Lipinski definition) is 5. The minimum Gasteiger partial charge on any atom is -0.508 e. The van der Waals surface area contributed by atoms with Crippen LogP contribution in [0.1, 0.15) is 5.56 Å². The van der Waals surface area contributed by atoms with Gasteiger partial charge in [0.25, 0.3) is 0 Å². The Bertz CT molecular complexity index is 428. The van der Waals surface area contributed by atoms with Crippen LogP contribution in [0.2, 0.25) is 0 Å². The fraction of sp³-hybridized carbons (Fsp3) is 0.143. The minimum absolute atomic E-state index is 0.123. The normalized spacial score (nSPS) is 11.5. The van der Waals surface area contributed by atoms with Crippen molar-refractivity contribution in [2.24, 2.45) is 5.14 Å². The van der Waals surface area contributed by atoms with Crippen molar-refractivity contribution >= 4 is 10.3 Å². The van der Waals surface area contributed by atoms with E-state index in [0.29, 0.717) is 0 Å². The number of rotatable bonds is 3. The molecule has 0 bridgehead atoms. The van der Waals surface area contributed by atoms with Crippen LogP contribution in [0.15, 0.2) is 18.2 Å². The molecule has 1 aromatic rings. The van der Waals surface area contributed by atoms with Gasteiger partial charge in [0.2, 0.25) is 0 Å². The van der Waals surface area contributed by atoms with Gasteiger partial charge >= 0.3 is 10.3 Å². The van der Waals surface area contributed by atoms with E-state index < -0.39 is 10.3 Å². The van der Waals surface area contributed by atoms with Crippen molar-refractivity contribution in [3.8, 4) is 11.5 Å². The van der Waals surface area contributed by atoms with Gasteiger partial charge in [0, 0.05) is 11.6 Å². The van der Waals surface area contributed by atoms with E-state index in [9.17, 15) is 13.5 Å². The molecule has 7 heteroatoms. The Morgan fingerprint density at radius 1 is 1.36 bits per heavy atom. The van der Waals surface area contributed by atoms with Gasteiger partial charge in [-0.05, 0) is 12.1 Å². The van der Waals surface area contributed by atoms with Crippen LogP contribution in [0.3, 0.4) is 0 Å². The average Bonchev–Trinajstić information content (AvgIpc) is 2.00. The van der Waals surface area contributed by atoms with Crippen molar-refractivity contribution in [2.45, 2.75) is 6.61 Å². The fourth-order valence-corrected chi connectivity index (χ4v) is 1.11. The quantitative estimate of drug-likeness (QED) is 0.653. The van der Waals surface area contributed by atoms with E-state index in [4.69, 9.17) is 5.11 Å². The molecule has 0 saturated heterocycles. The molecule has 0 amide bonds. The van der Waals surface area contributed by atoms with E-state index in [1.54, 1.807) is 0 Å². The van der Waals surface area contributed by atoms with Crippen LogP contribution in [0, 0.1) is 0 Å². The molecule has 6 nitrogen and oxygen atoms in total. The fourth-order valence-electron chi connectivity index (χ4n) is 0.820. The third-order valence-electron chi connectivity index (χ3n) is 1.45. The Hall–Kier alpha value is -1.31. The average molecular weight is 219 g/mol. The lowest BCUT2D eigenvalue weighted by molar-refractivity contribution is 0.302. The van der Waals surface area contributed by atoms with Crippen LogP contribution in [-0.2, 0) is 21.1 Å².